The van der Waals surface area contributed by atoms with Gasteiger partial charge in [-0.3, -0.25) is 4.68 Å². The second-order valence-electron chi connectivity index (χ2n) is 5.64. The Labute approximate surface area is 118 Å². The van der Waals surface area contributed by atoms with Crippen LogP contribution in [-0.4, -0.2) is 9.78 Å². The maximum atomic E-state index is 6.33. The average molecular weight is 275 g/mol. The van der Waals surface area contributed by atoms with Gasteiger partial charge < -0.3 is 5.73 Å². The lowest BCUT2D eigenvalue weighted by atomic mass is 10.1. The molecule has 0 saturated heterocycles. The van der Waals surface area contributed by atoms with E-state index in [-0.39, 0.29) is 6.04 Å². The van der Waals surface area contributed by atoms with Crippen molar-refractivity contribution in [2.45, 2.75) is 51.6 Å². The third-order valence-corrected chi connectivity index (χ3v) is 5.12. The Bertz CT molecular complexity index is 546. The number of hydrogen-bond acceptors (Lipinski definition) is 3. The summed E-state index contributed by atoms with van der Waals surface area (Å²) in [7, 11) is 0. The zero-order chi connectivity index (χ0) is 13.4. The molecule has 0 bridgehead atoms. The molecule has 3 rings (SSSR count). The number of aromatic nitrogens is 2. The van der Waals surface area contributed by atoms with Crippen LogP contribution >= 0.6 is 11.3 Å². The van der Waals surface area contributed by atoms with Gasteiger partial charge in [-0.1, -0.05) is 0 Å². The Hall–Kier alpha value is -1.13. The van der Waals surface area contributed by atoms with Crippen LogP contribution in [0.4, 0.5) is 0 Å². The molecule has 0 fully saturated rings. The van der Waals surface area contributed by atoms with Crippen molar-refractivity contribution in [1.82, 2.24) is 9.78 Å². The molecular weight excluding hydrogens is 254 g/mol. The van der Waals surface area contributed by atoms with Gasteiger partial charge in [0, 0.05) is 34.5 Å². The molecule has 4 heteroatoms. The summed E-state index contributed by atoms with van der Waals surface area (Å²) >= 11 is 1.90. The van der Waals surface area contributed by atoms with Crippen LogP contribution in [0.2, 0.25) is 0 Å². The van der Waals surface area contributed by atoms with Gasteiger partial charge in [0.25, 0.3) is 0 Å². The lowest BCUT2D eigenvalue weighted by Crippen LogP contribution is -2.13. The molecule has 3 nitrogen and oxygen atoms in total. The van der Waals surface area contributed by atoms with E-state index < -0.39 is 0 Å². The maximum Gasteiger partial charge on any atom is 0.0643 e. The van der Waals surface area contributed by atoms with E-state index in [0.29, 0.717) is 6.04 Å². The van der Waals surface area contributed by atoms with Crippen molar-refractivity contribution >= 4 is 11.3 Å². The smallest absolute Gasteiger partial charge is 0.0643 e. The van der Waals surface area contributed by atoms with Crippen molar-refractivity contribution in [3.05, 3.63) is 39.3 Å². The Morgan fingerprint density at radius 3 is 2.95 bits per heavy atom. The molecule has 2 aromatic rings. The van der Waals surface area contributed by atoms with Gasteiger partial charge in [-0.25, -0.2) is 0 Å². The third kappa shape index (κ3) is 2.60. The molecule has 0 radical (unpaired) electrons. The summed E-state index contributed by atoms with van der Waals surface area (Å²) in [6.45, 7) is 4.28. The summed E-state index contributed by atoms with van der Waals surface area (Å²) in [5, 5.41) is 4.58. The Balaban J connectivity index is 1.71. The molecule has 0 spiro atoms. The van der Waals surface area contributed by atoms with Crippen molar-refractivity contribution in [2.75, 3.05) is 0 Å². The van der Waals surface area contributed by atoms with Crippen molar-refractivity contribution in [2.24, 2.45) is 5.73 Å². The molecule has 0 aromatic carbocycles. The SMILES string of the molecule is CC(C)n1ccc(CC(N)c2cc3c(s2)CCC3)n1. The number of nitrogens with two attached hydrogens (primary N) is 1. The van der Waals surface area contributed by atoms with Gasteiger partial charge in [0.2, 0.25) is 0 Å². The van der Waals surface area contributed by atoms with E-state index in [4.69, 9.17) is 5.73 Å². The van der Waals surface area contributed by atoms with Gasteiger partial charge >= 0.3 is 0 Å². The summed E-state index contributed by atoms with van der Waals surface area (Å²) in [4.78, 5) is 2.88. The first-order chi connectivity index (χ1) is 9.13. The number of nitrogens with zero attached hydrogens (tertiary/aromatic N) is 2. The van der Waals surface area contributed by atoms with E-state index in [1.165, 1.54) is 29.7 Å². The molecule has 1 aliphatic carbocycles. The first-order valence-corrected chi connectivity index (χ1v) is 7.86. The summed E-state index contributed by atoms with van der Waals surface area (Å²) in [6, 6.07) is 4.90. The molecule has 2 N–H and O–H groups in total. The molecule has 2 heterocycles. The van der Waals surface area contributed by atoms with Crippen molar-refractivity contribution in [3.63, 3.8) is 0 Å². The molecule has 19 heavy (non-hydrogen) atoms. The van der Waals surface area contributed by atoms with Crippen molar-refractivity contribution < 1.29 is 0 Å². The van der Waals surface area contributed by atoms with Crippen molar-refractivity contribution in [1.29, 1.82) is 0 Å². The van der Waals surface area contributed by atoms with Crippen LogP contribution in [0.3, 0.4) is 0 Å². The summed E-state index contributed by atoms with van der Waals surface area (Å²) in [5.74, 6) is 0. The van der Waals surface area contributed by atoms with Gasteiger partial charge in [-0.15, -0.1) is 11.3 Å². The zero-order valence-electron chi connectivity index (χ0n) is 11.6. The van der Waals surface area contributed by atoms with Crippen LogP contribution in [0.15, 0.2) is 18.3 Å². The Kier molecular flexibility index (Phi) is 3.46. The lowest BCUT2D eigenvalue weighted by Gasteiger charge is -2.08. The Morgan fingerprint density at radius 1 is 1.42 bits per heavy atom. The van der Waals surface area contributed by atoms with Gasteiger partial charge in [0.15, 0.2) is 0 Å². The number of hydrogen-bond donors (Lipinski definition) is 1. The standard InChI is InChI=1S/C15H21N3S/c1-10(2)18-7-6-12(17-18)9-13(16)15-8-11-4-3-5-14(11)19-15/h6-8,10,13H,3-5,9,16H2,1-2H3. The topological polar surface area (TPSA) is 43.8 Å². The zero-order valence-corrected chi connectivity index (χ0v) is 12.4. The van der Waals surface area contributed by atoms with Crippen molar-refractivity contribution in [3.8, 4) is 0 Å². The number of fused-ring (bicyclic) bond motifs is 1. The fourth-order valence-electron chi connectivity index (χ4n) is 2.63. The minimum absolute atomic E-state index is 0.0890. The van der Waals surface area contributed by atoms with Gasteiger partial charge in [-0.05, 0) is 50.8 Å². The third-order valence-electron chi connectivity index (χ3n) is 3.75. The van der Waals surface area contributed by atoms with Gasteiger partial charge in [0.05, 0.1) is 5.69 Å². The van der Waals surface area contributed by atoms with Gasteiger partial charge in [-0.2, -0.15) is 5.10 Å². The second kappa shape index (κ2) is 5.10. The summed E-state index contributed by atoms with van der Waals surface area (Å²) in [6.07, 6.45) is 6.67. The first-order valence-electron chi connectivity index (χ1n) is 7.04. The van der Waals surface area contributed by atoms with E-state index in [0.717, 1.165) is 12.1 Å². The highest BCUT2D eigenvalue weighted by atomic mass is 32.1. The summed E-state index contributed by atoms with van der Waals surface area (Å²) in [5.41, 5.74) is 8.96. The molecule has 0 saturated carbocycles. The molecule has 1 unspecified atom stereocenters. The van der Waals surface area contributed by atoms with Crippen LogP contribution in [-0.2, 0) is 19.3 Å². The van der Waals surface area contributed by atoms with Crippen LogP contribution in [0, 0.1) is 0 Å². The van der Waals surface area contributed by atoms with E-state index in [9.17, 15) is 0 Å². The highest BCUT2D eigenvalue weighted by Crippen LogP contribution is 2.33. The average Bonchev–Trinajstić information content (AvgIpc) is 3.02. The van der Waals surface area contributed by atoms with Crippen LogP contribution in [0.1, 0.15) is 53.4 Å². The number of aryl methyl sites for hydroxylation is 2. The number of rotatable bonds is 4. The van der Waals surface area contributed by atoms with E-state index in [2.05, 4.69) is 31.1 Å². The molecule has 102 valence electrons. The van der Waals surface area contributed by atoms with Gasteiger partial charge in [0.1, 0.15) is 0 Å². The Morgan fingerprint density at radius 2 is 2.26 bits per heavy atom. The monoisotopic (exact) mass is 275 g/mol. The molecule has 2 aromatic heterocycles. The van der Waals surface area contributed by atoms with Crippen LogP contribution in [0.25, 0.3) is 0 Å². The molecule has 0 aliphatic heterocycles. The maximum absolute atomic E-state index is 6.33. The normalized spacial score (nSPS) is 16.0. The first kappa shape index (κ1) is 12.9. The van der Waals surface area contributed by atoms with E-state index in [1.807, 2.05) is 22.2 Å². The van der Waals surface area contributed by atoms with Crippen LogP contribution < -0.4 is 5.73 Å². The number of thiophene rings is 1. The predicted molar refractivity (Wildman–Crippen MR) is 79.6 cm³/mol. The lowest BCUT2D eigenvalue weighted by molar-refractivity contribution is 0.523. The second-order valence-corrected chi connectivity index (χ2v) is 6.81. The summed E-state index contributed by atoms with van der Waals surface area (Å²) < 4.78 is 2.00. The van der Waals surface area contributed by atoms with E-state index >= 15 is 0 Å². The highest BCUT2D eigenvalue weighted by molar-refractivity contribution is 7.12. The minimum atomic E-state index is 0.0890. The fourth-order valence-corrected chi connectivity index (χ4v) is 3.89. The molecular formula is C15H21N3S. The molecule has 0 amide bonds. The van der Waals surface area contributed by atoms with Crippen LogP contribution in [0.5, 0.6) is 0 Å². The predicted octanol–water partition coefficient (Wildman–Crippen LogP) is 3.26. The molecule has 1 atom stereocenters. The minimum Gasteiger partial charge on any atom is -0.323 e. The largest absolute Gasteiger partial charge is 0.323 e. The molecule has 1 aliphatic rings. The van der Waals surface area contributed by atoms with E-state index in [1.54, 1.807) is 4.88 Å². The fraction of sp³-hybridized carbons (Fsp3) is 0.533. The quantitative estimate of drug-likeness (QED) is 0.930. The highest BCUT2D eigenvalue weighted by Gasteiger charge is 2.18.